The summed E-state index contributed by atoms with van der Waals surface area (Å²) >= 11 is 0. The lowest BCUT2D eigenvalue weighted by atomic mass is 9.97. The van der Waals surface area contributed by atoms with Gasteiger partial charge in [0.15, 0.2) is 0 Å². The summed E-state index contributed by atoms with van der Waals surface area (Å²) in [5.74, 6) is 0.800. The molecule has 1 atom stereocenters. The second-order valence-corrected chi connectivity index (χ2v) is 9.45. The van der Waals surface area contributed by atoms with Crippen LogP contribution < -0.4 is 9.64 Å². The summed E-state index contributed by atoms with van der Waals surface area (Å²) in [5.41, 5.74) is 2.54. The smallest absolute Gasteiger partial charge is 0.307 e. The molecule has 4 heteroatoms. The molecule has 0 N–H and O–H groups in total. The van der Waals surface area contributed by atoms with Crippen molar-refractivity contribution in [2.75, 3.05) is 25.7 Å². The molecule has 0 saturated carbocycles. The van der Waals surface area contributed by atoms with E-state index < -0.39 is 0 Å². The van der Waals surface area contributed by atoms with Gasteiger partial charge in [-0.15, -0.1) is 0 Å². The Labute approximate surface area is 197 Å². The molecule has 1 saturated heterocycles. The van der Waals surface area contributed by atoms with Gasteiger partial charge in [-0.1, -0.05) is 71.1 Å². The van der Waals surface area contributed by atoms with E-state index >= 15 is 0 Å². The summed E-state index contributed by atoms with van der Waals surface area (Å²) in [6.07, 6.45) is 20.0. The fourth-order valence-electron chi connectivity index (χ4n) is 4.89. The number of carbonyl (C=O) groups is 1. The molecule has 0 amide bonds. The Kier molecular flexibility index (Phi) is 13.3. The van der Waals surface area contributed by atoms with Gasteiger partial charge in [-0.25, -0.2) is 0 Å². The second kappa shape index (κ2) is 16.0. The molecule has 0 bridgehead atoms. The highest BCUT2D eigenvalue weighted by atomic mass is 16.5. The second-order valence-electron chi connectivity index (χ2n) is 9.45. The van der Waals surface area contributed by atoms with E-state index in [1.807, 2.05) is 0 Å². The zero-order valence-electron chi connectivity index (χ0n) is 21.0. The molecule has 1 fully saturated rings. The van der Waals surface area contributed by atoms with Gasteiger partial charge in [0.05, 0.1) is 20.6 Å². The number of anilines is 1. The number of methoxy groups -OCH3 is 2. The van der Waals surface area contributed by atoms with Crippen LogP contribution in [-0.2, 0) is 16.0 Å². The van der Waals surface area contributed by atoms with Gasteiger partial charge >= 0.3 is 5.97 Å². The van der Waals surface area contributed by atoms with Crippen LogP contribution in [0.1, 0.15) is 109 Å². The minimum Gasteiger partial charge on any atom is -0.497 e. The molecule has 0 aliphatic carbocycles. The van der Waals surface area contributed by atoms with E-state index in [2.05, 4.69) is 30.0 Å². The number of nitrogens with zero attached hydrogens (tertiary/aromatic N) is 1. The number of ether oxygens (including phenoxy) is 2. The highest BCUT2D eigenvalue weighted by Crippen LogP contribution is 2.31. The van der Waals surface area contributed by atoms with Crippen molar-refractivity contribution in [3.8, 4) is 5.75 Å². The molecule has 1 aromatic rings. The van der Waals surface area contributed by atoms with Crippen LogP contribution in [0, 0.1) is 0 Å². The zero-order valence-corrected chi connectivity index (χ0v) is 21.0. The number of rotatable bonds is 16. The number of benzene rings is 1. The Morgan fingerprint density at radius 2 is 1.56 bits per heavy atom. The Morgan fingerprint density at radius 1 is 0.906 bits per heavy atom. The number of carbonyl (C=O) groups excluding carboxylic acids is 1. The quantitative estimate of drug-likeness (QED) is 0.195. The van der Waals surface area contributed by atoms with E-state index in [-0.39, 0.29) is 12.0 Å². The van der Waals surface area contributed by atoms with Crippen LogP contribution in [0.15, 0.2) is 18.2 Å². The van der Waals surface area contributed by atoms with Crippen molar-refractivity contribution in [2.24, 2.45) is 0 Å². The predicted octanol–water partition coefficient (Wildman–Crippen LogP) is 7.47. The summed E-state index contributed by atoms with van der Waals surface area (Å²) < 4.78 is 10.6. The molecule has 0 spiro atoms. The Hall–Kier alpha value is -1.71. The number of aryl methyl sites for hydroxylation is 1. The molecule has 1 aromatic carbocycles. The maximum atomic E-state index is 11.9. The number of unbranched alkanes of at least 4 members (excludes halogenated alkanes) is 10. The lowest BCUT2D eigenvalue weighted by Gasteiger charge is -2.37. The first-order chi connectivity index (χ1) is 15.7. The first-order valence-electron chi connectivity index (χ1n) is 13.2. The van der Waals surface area contributed by atoms with Crippen molar-refractivity contribution in [3.05, 3.63) is 23.8 Å². The van der Waals surface area contributed by atoms with Crippen molar-refractivity contribution in [3.63, 3.8) is 0 Å². The molecule has 1 heterocycles. The molecule has 0 radical (unpaired) electrons. The van der Waals surface area contributed by atoms with Crippen molar-refractivity contribution >= 4 is 11.7 Å². The van der Waals surface area contributed by atoms with Crippen LogP contribution in [0.25, 0.3) is 0 Å². The van der Waals surface area contributed by atoms with Crippen LogP contribution in [0.2, 0.25) is 0 Å². The predicted molar refractivity (Wildman–Crippen MR) is 135 cm³/mol. The van der Waals surface area contributed by atoms with E-state index in [1.54, 1.807) is 7.11 Å². The number of hydrogen-bond donors (Lipinski definition) is 0. The van der Waals surface area contributed by atoms with E-state index in [4.69, 9.17) is 9.47 Å². The monoisotopic (exact) mass is 445 g/mol. The van der Waals surface area contributed by atoms with Crippen LogP contribution >= 0.6 is 0 Å². The van der Waals surface area contributed by atoms with Gasteiger partial charge in [-0.3, -0.25) is 4.79 Å². The van der Waals surface area contributed by atoms with Gasteiger partial charge in [0.2, 0.25) is 0 Å². The van der Waals surface area contributed by atoms with E-state index in [0.29, 0.717) is 6.42 Å². The number of hydrogen-bond acceptors (Lipinski definition) is 4. The number of esters is 1. The third kappa shape index (κ3) is 9.83. The highest BCUT2D eigenvalue weighted by molar-refractivity contribution is 5.71. The average Bonchev–Trinajstić information content (AvgIpc) is 2.82. The van der Waals surface area contributed by atoms with E-state index in [9.17, 15) is 4.79 Å². The minimum atomic E-state index is -0.119. The molecule has 1 aliphatic heterocycles. The fourth-order valence-corrected chi connectivity index (χ4v) is 4.89. The molecule has 2 rings (SSSR count). The first kappa shape index (κ1) is 26.5. The molecular weight excluding hydrogens is 398 g/mol. The lowest BCUT2D eigenvalue weighted by molar-refractivity contribution is -0.141. The fraction of sp³-hybridized carbons (Fsp3) is 0.750. The zero-order chi connectivity index (χ0) is 23.0. The van der Waals surface area contributed by atoms with Gasteiger partial charge in [0.25, 0.3) is 0 Å². The van der Waals surface area contributed by atoms with Gasteiger partial charge in [-0.05, 0) is 49.8 Å². The normalized spacial score (nSPS) is 16.2. The summed E-state index contributed by atoms with van der Waals surface area (Å²) in [7, 11) is 3.22. The largest absolute Gasteiger partial charge is 0.497 e. The summed E-state index contributed by atoms with van der Waals surface area (Å²) in [5, 5.41) is 0. The first-order valence-corrected chi connectivity index (χ1v) is 13.2. The standard InChI is InChI=1S/C28H47NO3/c1-4-5-6-7-8-9-10-11-12-13-14-17-24-20-26(22-27(21-24)31-2)29-19-16-15-18-25(29)23-28(30)32-3/h20-22,25H,4-19,23H2,1-3H3. The summed E-state index contributed by atoms with van der Waals surface area (Å²) in [4.78, 5) is 14.3. The molecule has 182 valence electrons. The highest BCUT2D eigenvalue weighted by Gasteiger charge is 2.26. The third-order valence-corrected chi connectivity index (χ3v) is 6.84. The molecule has 1 unspecified atom stereocenters. The molecule has 4 nitrogen and oxygen atoms in total. The van der Waals surface area contributed by atoms with Gasteiger partial charge < -0.3 is 14.4 Å². The summed E-state index contributed by atoms with van der Waals surface area (Å²) in [6, 6.07) is 6.84. The Morgan fingerprint density at radius 3 is 2.19 bits per heavy atom. The van der Waals surface area contributed by atoms with Crippen molar-refractivity contribution < 1.29 is 14.3 Å². The van der Waals surface area contributed by atoms with Crippen LogP contribution in [0.3, 0.4) is 0 Å². The molecule has 1 aliphatic rings. The van der Waals surface area contributed by atoms with Crippen molar-refractivity contribution in [1.82, 2.24) is 0 Å². The number of piperidine rings is 1. The molecule has 32 heavy (non-hydrogen) atoms. The maximum absolute atomic E-state index is 11.9. The van der Waals surface area contributed by atoms with Crippen molar-refractivity contribution in [2.45, 2.75) is 116 Å². The minimum absolute atomic E-state index is 0.119. The van der Waals surface area contributed by atoms with Gasteiger partial charge in [0, 0.05) is 24.3 Å². The Balaban J connectivity index is 1.79. The van der Waals surface area contributed by atoms with Gasteiger partial charge in [0.1, 0.15) is 5.75 Å². The SMILES string of the molecule is CCCCCCCCCCCCCc1cc(OC)cc(N2CCCCC2CC(=O)OC)c1. The molecular formula is C28H47NO3. The summed E-state index contributed by atoms with van der Waals surface area (Å²) in [6.45, 7) is 3.27. The topological polar surface area (TPSA) is 38.8 Å². The maximum Gasteiger partial charge on any atom is 0.307 e. The average molecular weight is 446 g/mol. The van der Waals surface area contributed by atoms with E-state index in [0.717, 1.165) is 25.1 Å². The third-order valence-electron chi connectivity index (χ3n) is 6.84. The van der Waals surface area contributed by atoms with Crippen molar-refractivity contribution in [1.29, 1.82) is 0 Å². The van der Waals surface area contributed by atoms with E-state index in [1.165, 1.54) is 102 Å². The lowest BCUT2D eigenvalue weighted by Crippen LogP contribution is -2.41. The van der Waals surface area contributed by atoms with Gasteiger partial charge in [-0.2, -0.15) is 0 Å². The van der Waals surface area contributed by atoms with Crippen LogP contribution in [0.4, 0.5) is 5.69 Å². The Bertz CT molecular complexity index is 646. The van der Waals surface area contributed by atoms with Crippen LogP contribution in [-0.4, -0.2) is 32.8 Å². The molecule has 0 aromatic heterocycles. The van der Waals surface area contributed by atoms with Crippen LogP contribution in [0.5, 0.6) is 5.75 Å².